The summed E-state index contributed by atoms with van der Waals surface area (Å²) < 4.78 is 53.1. The van der Waals surface area contributed by atoms with Gasteiger partial charge in [0.15, 0.2) is 0 Å². The van der Waals surface area contributed by atoms with Crippen molar-refractivity contribution in [1.29, 1.82) is 0 Å². The highest BCUT2D eigenvalue weighted by Crippen LogP contribution is 2.37. The van der Waals surface area contributed by atoms with Gasteiger partial charge >= 0.3 is 6.18 Å². The zero-order valence-electron chi connectivity index (χ0n) is 15.0. The van der Waals surface area contributed by atoms with Crippen molar-refractivity contribution < 1.29 is 27.2 Å². The van der Waals surface area contributed by atoms with Crippen molar-refractivity contribution in [2.24, 2.45) is 5.92 Å². The first-order valence-electron chi connectivity index (χ1n) is 8.66. The Kier molecular flexibility index (Phi) is 5.40. The minimum atomic E-state index is -4.53. The van der Waals surface area contributed by atoms with Gasteiger partial charge in [-0.25, -0.2) is 4.39 Å². The second kappa shape index (κ2) is 7.61. The molecule has 1 heterocycles. The van der Waals surface area contributed by atoms with Crippen molar-refractivity contribution in [3.8, 4) is 0 Å². The number of piperidine rings is 1. The first-order chi connectivity index (χ1) is 13.2. The molecule has 3 rings (SSSR count). The smallest absolute Gasteiger partial charge is 0.345 e. The van der Waals surface area contributed by atoms with E-state index >= 15 is 0 Å². The molecule has 4 nitrogen and oxygen atoms in total. The summed E-state index contributed by atoms with van der Waals surface area (Å²) >= 11 is 0. The number of hydrogen-bond acceptors (Lipinski definition) is 2. The Morgan fingerprint density at radius 1 is 1.14 bits per heavy atom. The molecule has 28 heavy (non-hydrogen) atoms. The van der Waals surface area contributed by atoms with E-state index in [2.05, 4.69) is 5.32 Å². The molecule has 1 aliphatic heterocycles. The van der Waals surface area contributed by atoms with Crippen molar-refractivity contribution in [2.45, 2.75) is 18.5 Å². The van der Waals surface area contributed by atoms with Gasteiger partial charge in [-0.1, -0.05) is 30.3 Å². The number of anilines is 1. The SMILES string of the molecule is CN1CC[C@@H](c2cccc(C(F)(F)F)c2)[C@H](C(=O)Nc2ccccc2F)C1=O. The molecule has 0 bridgehead atoms. The third kappa shape index (κ3) is 4.00. The Balaban J connectivity index is 1.94. The number of likely N-dealkylation sites (tertiary alicyclic amines) is 1. The topological polar surface area (TPSA) is 49.4 Å². The summed E-state index contributed by atoms with van der Waals surface area (Å²) in [6.07, 6.45) is -4.21. The molecule has 8 heteroatoms. The monoisotopic (exact) mass is 394 g/mol. The number of nitrogens with one attached hydrogen (secondary N) is 1. The number of carbonyl (C=O) groups is 2. The van der Waals surface area contributed by atoms with Crippen LogP contribution in [0.3, 0.4) is 0 Å². The Bertz CT molecular complexity index is 898. The van der Waals surface area contributed by atoms with Crippen molar-refractivity contribution in [1.82, 2.24) is 4.90 Å². The number of benzene rings is 2. The third-order valence-electron chi connectivity index (χ3n) is 4.88. The van der Waals surface area contributed by atoms with E-state index in [0.29, 0.717) is 13.0 Å². The van der Waals surface area contributed by atoms with Crippen molar-refractivity contribution in [3.05, 3.63) is 65.5 Å². The Morgan fingerprint density at radius 3 is 2.54 bits per heavy atom. The maximum absolute atomic E-state index is 13.9. The van der Waals surface area contributed by atoms with Crippen LogP contribution in [-0.4, -0.2) is 30.3 Å². The fourth-order valence-corrected chi connectivity index (χ4v) is 3.39. The number of nitrogens with zero attached hydrogens (tertiary/aromatic N) is 1. The summed E-state index contributed by atoms with van der Waals surface area (Å²) in [6, 6.07) is 10.1. The van der Waals surface area contributed by atoms with Gasteiger partial charge in [0.05, 0.1) is 11.3 Å². The molecule has 1 aliphatic rings. The average Bonchev–Trinajstić information content (AvgIpc) is 2.65. The maximum atomic E-state index is 13.9. The normalized spacial score (nSPS) is 20.2. The van der Waals surface area contributed by atoms with Gasteiger partial charge in [0.25, 0.3) is 0 Å². The van der Waals surface area contributed by atoms with E-state index in [1.807, 2.05) is 0 Å². The first-order valence-corrected chi connectivity index (χ1v) is 8.66. The van der Waals surface area contributed by atoms with Gasteiger partial charge in [0.2, 0.25) is 11.8 Å². The van der Waals surface area contributed by atoms with Crippen LogP contribution >= 0.6 is 0 Å². The fourth-order valence-electron chi connectivity index (χ4n) is 3.39. The van der Waals surface area contributed by atoms with Gasteiger partial charge in [-0.2, -0.15) is 13.2 Å². The molecule has 148 valence electrons. The van der Waals surface area contributed by atoms with Crippen LogP contribution in [-0.2, 0) is 15.8 Å². The van der Waals surface area contributed by atoms with Gasteiger partial charge < -0.3 is 10.2 Å². The summed E-state index contributed by atoms with van der Waals surface area (Å²) in [5.41, 5.74) is -0.675. The van der Waals surface area contributed by atoms with Gasteiger partial charge in [-0.15, -0.1) is 0 Å². The average molecular weight is 394 g/mol. The minimum Gasteiger partial charge on any atom is -0.345 e. The molecule has 2 aromatic carbocycles. The number of rotatable bonds is 3. The lowest BCUT2D eigenvalue weighted by Gasteiger charge is -2.35. The lowest BCUT2D eigenvalue weighted by atomic mass is 9.79. The standard InChI is InChI=1S/C20H18F4N2O2/c1-26-10-9-14(12-5-4-6-13(11-12)20(22,23)24)17(19(26)28)18(27)25-16-8-3-2-7-15(16)21/h2-8,11,14,17H,9-10H2,1H3,(H,25,27)/t14-,17+/m0/s1. The van der Waals surface area contributed by atoms with E-state index in [4.69, 9.17) is 0 Å². The maximum Gasteiger partial charge on any atom is 0.416 e. The van der Waals surface area contributed by atoms with Crippen LogP contribution < -0.4 is 5.32 Å². The predicted molar refractivity (Wildman–Crippen MR) is 95.0 cm³/mol. The Morgan fingerprint density at radius 2 is 1.86 bits per heavy atom. The van der Waals surface area contributed by atoms with Crippen LogP contribution in [0.25, 0.3) is 0 Å². The highest BCUT2D eigenvalue weighted by atomic mass is 19.4. The van der Waals surface area contributed by atoms with Gasteiger partial charge in [0, 0.05) is 19.5 Å². The van der Waals surface area contributed by atoms with Gasteiger partial charge in [-0.3, -0.25) is 9.59 Å². The van der Waals surface area contributed by atoms with Crippen molar-refractivity contribution in [2.75, 3.05) is 18.9 Å². The van der Waals surface area contributed by atoms with Crippen LogP contribution in [0.2, 0.25) is 0 Å². The second-order valence-electron chi connectivity index (χ2n) is 6.72. The summed E-state index contributed by atoms with van der Waals surface area (Å²) in [5, 5.41) is 2.39. The van der Waals surface area contributed by atoms with Crippen LogP contribution in [0.1, 0.15) is 23.5 Å². The quantitative estimate of drug-likeness (QED) is 0.631. The first kappa shape index (κ1) is 19.9. The highest BCUT2D eigenvalue weighted by Gasteiger charge is 2.42. The van der Waals surface area contributed by atoms with Crippen molar-refractivity contribution >= 4 is 17.5 Å². The largest absolute Gasteiger partial charge is 0.416 e. The highest BCUT2D eigenvalue weighted by molar-refractivity contribution is 6.07. The van der Waals surface area contributed by atoms with Gasteiger partial charge in [-0.05, 0) is 30.2 Å². The molecular weight excluding hydrogens is 376 g/mol. The molecule has 1 fully saturated rings. The Hall–Kier alpha value is -2.90. The number of para-hydroxylation sites is 1. The summed E-state index contributed by atoms with van der Waals surface area (Å²) in [4.78, 5) is 26.8. The van der Waals surface area contributed by atoms with E-state index < -0.39 is 41.2 Å². The lowest BCUT2D eigenvalue weighted by Crippen LogP contribution is -2.47. The number of amides is 2. The van der Waals surface area contributed by atoms with E-state index in [9.17, 15) is 27.2 Å². The molecule has 0 aliphatic carbocycles. The minimum absolute atomic E-state index is 0.0867. The van der Waals surface area contributed by atoms with Gasteiger partial charge in [0.1, 0.15) is 11.7 Å². The Labute approximate surface area is 159 Å². The zero-order chi connectivity index (χ0) is 20.5. The molecular formula is C20H18F4N2O2. The molecule has 2 aromatic rings. The van der Waals surface area contributed by atoms with E-state index in [-0.39, 0.29) is 11.3 Å². The summed E-state index contributed by atoms with van der Waals surface area (Å²) in [6.45, 7) is 0.309. The van der Waals surface area contributed by atoms with E-state index in [1.54, 1.807) is 0 Å². The molecule has 0 radical (unpaired) electrons. The molecule has 2 atom stereocenters. The predicted octanol–water partition coefficient (Wildman–Crippen LogP) is 4.05. The lowest BCUT2D eigenvalue weighted by molar-refractivity contribution is -0.143. The molecule has 0 spiro atoms. The van der Waals surface area contributed by atoms with Crippen molar-refractivity contribution in [3.63, 3.8) is 0 Å². The van der Waals surface area contributed by atoms with Crippen LogP contribution in [0.15, 0.2) is 48.5 Å². The van der Waals surface area contributed by atoms with E-state index in [0.717, 1.165) is 18.2 Å². The molecule has 1 N–H and O–H groups in total. The number of halogens is 4. The molecule has 0 aromatic heterocycles. The number of hydrogen-bond donors (Lipinski definition) is 1. The summed E-state index contributed by atoms with van der Waals surface area (Å²) in [7, 11) is 1.52. The third-order valence-corrected chi connectivity index (χ3v) is 4.88. The number of carbonyl (C=O) groups excluding carboxylic acids is 2. The molecule has 0 unspecified atom stereocenters. The molecule has 0 saturated carbocycles. The van der Waals surface area contributed by atoms with Crippen LogP contribution in [0.4, 0.5) is 23.2 Å². The van der Waals surface area contributed by atoms with E-state index in [1.165, 1.54) is 42.3 Å². The second-order valence-corrected chi connectivity index (χ2v) is 6.72. The zero-order valence-corrected chi connectivity index (χ0v) is 15.0. The van der Waals surface area contributed by atoms with Crippen LogP contribution in [0, 0.1) is 11.7 Å². The molecule has 2 amide bonds. The molecule has 1 saturated heterocycles. The fraction of sp³-hybridized carbons (Fsp3) is 0.300. The number of alkyl halides is 3. The summed E-state index contributed by atoms with van der Waals surface area (Å²) in [5.74, 6) is -3.91. The van der Waals surface area contributed by atoms with Crippen LogP contribution in [0.5, 0.6) is 0 Å².